The summed E-state index contributed by atoms with van der Waals surface area (Å²) in [6.45, 7) is 2.28. The zero-order valence-corrected chi connectivity index (χ0v) is 17.4. The van der Waals surface area contributed by atoms with Crippen molar-refractivity contribution in [2.24, 2.45) is 17.8 Å². The fraction of sp³-hybridized carbons (Fsp3) is 0.520. The minimum Gasteiger partial charge on any atom is -0.206 e. The second kappa shape index (κ2) is 8.53. The molecule has 2 aromatic carbocycles. The minimum atomic E-state index is -0.505. The third-order valence-electron chi connectivity index (χ3n) is 7.07. The number of fused-ring (bicyclic) bond motifs is 1. The quantitative estimate of drug-likeness (QED) is 0.486. The van der Waals surface area contributed by atoms with Gasteiger partial charge in [-0.1, -0.05) is 62.4 Å². The molecule has 0 bridgehead atoms. The smallest absolute Gasteiger partial charge is 0.142 e. The Kier molecular flexibility index (Phi) is 6.06. The van der Waals surface area contributed by atoms with Gasteiger partial charge in [0.15, 0.2) is 0 Å². The maximum atomic E-state index is 15.2. The van der Waals surface area contributed by atoms with E-state index in [1.54, 1.807) is 6.07 Å². The van der Waals surface area contributed by atoms with Crippen LogP contribution in [0.4, 0.5) is 8.78 Å². The van der Waals surface area contributed by atoms with Crippen LogP contribution in [0.5, 0.6) is 0 Å². The van der Waals surface area contributed by atoms with Gasteiger partial charge in [-0.05, 0) is 78.7 Å². The average molecular weight is 403 g/mol. The molecule has 0 aliphatic heterocycles. The molecule has 0 spiro atoms. The van der Waals surface area contributed by atoms with Gasteiger partial charge < -0.3 is 0 Å². The Labute approximate surface area is 172 Å². The van der Waals surface area contributed by atoms with Crippen molar-refractivity contribution in [2.75, 3.05) is 0 Å². The predicted octanol–water partition coefficient (Wildman–Crippen LogP) is 8.00. The van der Waals surface area contributed by atoms with Crippen molar-refractivity contribution in [3.05, 3.63) is 58.1 Å². The van der Waals surface area contributed by atoms with E-state index in [9.17, 15) is 4.39 Å². The normalized spacial score (nSPS) is 24.8. The van der Waals surface area contributed by atoms with E-state index in [1.165, 1.54) is 50.7 Å². The molecule has 2 aliphatic rings. The summed E-state index contributed by atoms with van der Waals surface area (Å²) < 4.78 is 29.0. The summed E-state index contributed by atoms with van der Waals surface area (Å²) in [6, 6.07) is 8.40. The van der Waals surface area contributed by atoms with E-state index < -0.39 is 5.82 Å². The Bertz CT molecular complexity index is 837. The summed E-state index contributed by atoms with van der Waals surface area (Å²) in [5.74, 6) is 1.74. The highest BCUT2D eigenvalue weighted by Crippen LogP contribution is 2.42. The lowest BCUT2D eigenvalue weighted by molar-refractivity contribution is 0.183. The molecule has 0 amide bonds. The molecule has 0 heterocycles. The molecule has 0 saturated heterocycles. The van der Waals surface area contributed by atoms with Crippen molar-refractivity contribution in [2.45, 2.75) is 64.7 Å². The first-order valence-electron chi connectivity index (χ1n) is 10.8. The van der Waals surface area contributed by atoms with Gasteiger partial charge in [0.1, 0.15) is 11.6 Å². The molecule has 2 aliphatic carbocycles. The molecule has 3 heteroatoms. The van der Waals surface area contributed by atoms with Crippen molar-refractivity contribution in [1.29, 1.82) is 0 Å². The Morgan fingerprint density at radius 1 is 0.964 bits per heavy atom. The fourth-order valence-corrected chi connectivity index (χ4v) is 5.60. The standard InChI is InChI=1S/C25H29ClF2/c1-2-3-16-4-6-17(7-5-16)18-8-11-21-19(14-18)9-12-22(25(21)28)20-10-13-23(26)24(27)15-20/h9-10,12-13,15-18H,2-8,11,14H2,1H3. The maximum Gasteiger partial charge on any atom is 0.142 e. The SMILES string of the molecule is CCCC1CCC(C2CCc3c(ccc(-c4ccc(Cl)c(F)c4)c3F)C2)CC1. The first-order valence-corrected chi connectivity index (χ1v) is 11.2. The first kappa shape index (κ1) is 19.9. The predicted molar refractivity (Wildman–Crippen MR) is 113 cm³/mol. The van der Waals surface area contributed by atoms with Crippen LogP contribution in [-0.2, 0) is 12.8 Å². The molecule has 0 nitrogen and oxygen atoms in total. The summed E-state index contributed by atoms with van der Waals surface area (Å²) in [5.41, 5.74) is 3.03. The number of halogens is 3. The van der Waals surface area contributed by atoms with Gasteiger partial charge in [0.2, 0.25) is 0 Å². The lowest BCUT2D eigenvalue weighted by Crippen LogP contribution is -2.27. The van der Waals surface area contributed by atoms with Gasteiger partial charge in [-0.25, -0.2) is 8.78 Å². The Morgan fingerprint density at radius 2 is 1.75 bits per heavy atom. The van der Waals surface area contributed by atoms with Gasteiger partial charge in [0, 0.05) is 5.56 Å². The molecule has 1 unspecified atom stereocenters. The molecule has 0 radical (unpaired) electrons. The third-order valence-corrected chi connectivity index (χ3v) is 7.38. The molecule has 150 valence electrons. The summed E-state index contributed by atoms with van der Waals surface area (Å²) in [6.07, 6.45) is 11.0. The molecule has 0 N–H and O–H groups in total. The molecule has 28 heavy (non-hydrogen) atoms. The monoisotopic (exact) mass is 402 g/mol. The van der Waals surface area contributed by atoms with E-state index >= 15 is 4.39 Å². The Morgan fingerprint density at radius 3 is 2.46 bits per heavy atom. The summed E-state index contributed by atoms with van der Waals surface area (Å²) in [4.78, 5) is 0. The van der Waals surface area contributed by atoms with Crippen LogP contribution in [0, 0.1) is 29.4 Å². The topological polar surface area (TPSA) is 0 Å². The van der Waals surface area contributed by atoms with Crippen LogP contribution in [0.2, 0.25) is 5.02 Å². The van der Waals surface area contributed by atoms with Gasteiger partial charge >= 0.3 is 0 Å². The van der Waals surface area contributed by atoms with E-state index in [2.05, 4.69) is 13.0 Å². The van der Waals surface area contributed by atoms with Crippen molar-refractivity contribution in [1.82, 2.24) is 0 Å². The molecule has 0 aromatic heterocycles. The minimum absolute atomic E-state index is 0.0682. The number of hydrogen-bond donors (Lipinski definition) is 0. The van der Waals surface area contributed by atoms with Gasteiger partial charge in [0.25, 0.3) is 0 Å². The zero-order chi connectivity index (χ0) is 19.7. The molecular formula is C25H29ClF2. The van der Waals surface area contributed by atoms with Crippen LogP contribution in [0.3, 0.4) is 0 Å². The van der Waals surface area contributed by atoms with E-state index in [-0.39, 0.29) is 10.8 Å². The van der Waals surface area contributed by atoms with Crippen molar-refractivity contribution < 1.29 is 8.78 Å². The second-order valence-electron chi connectivity index (χ2n) is 8.77. The number of hydrogen-bond acceptors (Lipinski definition) is 0. The van der Waals surface area contributed by atoms with Crippen LogP contribution in [0.1, 0.15) is 63.0 Å². The molecular weight excluding hydrogens is 374 g/mol. The van der Waals surface area contributed by atoms with E-state index in [0.29, 0.717) is 17.0 Å². The molecule has 1 fully saturated rings. The first-order chi connectivity index (χ1) is 13.6. The van der Waals surface area contributed by atoms with Gasteiger partial charge in [-0.2, -0.15) is 0 Å². The maximum absolute atomic E-state index is 15.2. The lowest BCUT2D eigenvalue weighted by Gasteiger charge is -2.36. The van der Waals surface area contributed by atoms with Crippen LogP contribution >= 0.6 is 11.6 Å². The van der Waals surface area contributed by atoms with E-state index in [4.69, 9.17) is 11.6 Å². The highest BCUT2D eigenvalue weighted by atomic mass is 35.5. The summed E-state index contributed by atoms with van der Waals surface area (Å²) >= 11 is 5.77. The Balaban J connectivity index is 1.50. The van der Waals surface area contributed by atoms with E-state index in [1.807, 2.05) is 6.07 Å². The Hall–Kier alpha value is -1.41. The fourth-order valence-electron chi connectivity index (χ4n) is 5.48. The van der Waals surface area contributed by atoms with Gasteiger partial charge in [0.05, 0.1) is 5.02 Å². The highest BCUT2D eigenvalue weighted by molar-refractivity contribution is 6.30. The zero-order valence-electron chi connectivity index (χ0n) is 16.6. The van der Waals surface area contributed by atoms with Crippen LogP contribution in [0.25, 0.3) is 11.1 Å². The highest BCUT2D eigenvalue weighted by Gasteiger charge is 2.31. The number of rotatable bonds is 4. The molecule has 4 rings (SSSR count). The van der Waals surface area contributed by atoms with Gasteiger partial charge in [-0.3, -0.25) is 0 Å². The van der Waals surface area contributed by atoms with Crippen LogP contribution < -0.4 is 0 Å². The average Bonchev–Trinajstić information content (AvgIpc) is 2.71. The van der Waals surface area contributed by atoms with Crippen molar-refractivity contribution >= 4 is 11.6 Å². The lowest BCUT2D eigenvalue weighted by atomic mass is 9.69. The van der Waals surface area contributed by atoms with Crippen LogP contribution in [0.15, 0.2) is 30.3 Å². The second-order valence-corrected chi connectivity index (χ2v) is 9.17. The summed E-state index contributed by atoms with van der Waals surface area (Å²) in [5, 5.41) is 0.0682. The molecule has 1 atom stereocenters. The van der Waals surface area contributed by atoms with Gasteiger partial charge in [-0.15, -0.1) is 0 Å². The number of benzene rings is 2. The van der Waals surface area contributed by atoms with Crippen molar-refractivity contribution in [3.63, 3.8) is 0 Å². The largest absolute Gasteiger partial charge is 0.206 e. The summed E-state index contributed by atoms with van der Waals surface area (Å²) in [7, 11) is 0. The molecule has 1 saturated carbocycles. The molecule has 2 aromatic rings. The third kappa shape index (κ3) is 3.99. The van der Waals surface area contributed by atoms with Crippen LogP contribution in [-0.4, -0.2) is 0 Å². The van der Waals surface area contributed by atoms with E-state index in [0.717, 1.165) is 42.2 Å². The van der Waals surface area contributed by atoms with Crippen molar-refractivity contribution in [3.8, 4) is 11.1 Å².